The highest BCUT2D eigenvalue weighted by atomic mass is 32.2. The molecule has 0 aliphatic carbocycles. The van der Waals surface area contributed by atoms with Crippen LogP contribution in [0.1, 0.15) is 19.8 Å². The largest absolute Gasteiger partial charge is 0.490 e. The summed E-state index contributed by atoms with van der Waals surface area (Å²) in [5.74, 6) is -0.833. The summed E-state index contributed by atoms with van der Waals surface area (Å²) in [7, 11) is -7.20. The number of carbonyl (C=O) groups is 2. The maximum absolute atomic E-state index is 12.5. The highest BCUT2D eigenvalue weighted by Crippen LogP contribution is 2.31. The monoisotopic (exact) mass is 490 g/mol. The second kappa shape index (κ2) is 10.0. The third-order valence-electron chi connectivity index (χ3n) is 5.10. The van der Waals surface area contributed by atoms with Crippen molar-refractivity contribution in [1.29, 1.82) is 0 Å². The number of sulfone groups is 1. The predicted octanol–water partition coefficient (Wildman–Crippen LogP) is -0.295. The van der Waals surface area contributed by atoms with E-state index in [0.717, 1.165) is 0 Å². The summed E-state index contributed by atoms with van der Waals surface area (Å²) in [4.78, 5) is 25.6. The number of carbonyl (C=O) groups excluding carboxylic acids is 2. The van der Waals surface area contributed by atoms with Crippen molar-refractivity contribution >= 4 is 31.7 Å². The zero-order valence-electron chi connectivity index (χ0n) is 17.6. The molecule has 1 unspecified atom stereocenters. The van der Waals surface area contributed by atoms with Crippen molar-refractivity contribution in [2.45, 2.75) is 30.7 Å². The number of ether oxygens (including phenoxy) is 3. The van der Waals surface area contributed by atoms with Crippen LogP contribution in [0.25, 0.3) is 0 Å². The molecule has 0 saturated carbocycles. The molecule has 0 spiro atoms. The van der Waals surface area contributed by atoms with Gasteiger partial charge in [0.25, 0.3) is 5.91 Å². The zero-order valence-corrected chi connectivity index (χ0v) is 19.2. The Morgan fingerprint density at radius 3 is 2.59 bits per heavy atom. The maximum atomic E-state index is 12.5. The Balaban J connectivity index is 1.52. The molecule has 1 atom stereocenters. The second-order valence-corrected chi connectivity index (χ2v) is 11.4. The lowest BCUT2D eigenvalue weighted by molar-refractivity contribution is -0.151. The number of nitrogens with zero attached hydrogens (tertiary/aromatic N) is 1. The van der Waals surface area contributed by atoms with Gasteiger partial charge >= 0.3 is 5.97 Å². The molecule has 3 rings (SSSR count). The number of esters is 1. The van der Waals surface area contributed by atoms with Gasteiger partial charge in [-0.05, 0) is 25.5 Å². The number of rotatable bonds is 8. The third-order valence-corrected chi connectivity index (χ3v) is 8.25. The van der Waals surface area contributed by atoms with E-state index < -0.39 is 50.9 Å². The Bertz CT molecular complexity index is 1070. The molecule has 1 saturated heterocycles. The molecule has 32 heavy (non-hydrogen) atoms. The first-order valence-corrected chi connectivity index (χ1v) is 13.5. The molecular formula is C19H26N2O9S2. The Morgan fingerprint density at radius 2 is 1.94 bits per heavy atom. The number of fused-ring (bicyclic) bond motifs is 1. The van der Waals surface area contributed by atoms with E-state index in [2.05, 4.69) is 4.72 Å². The van der Waals surface area contributed by atoms with Gasteiger partial charge in [-0.25, -0.2) is 16.8 Å². The van der Waals surface area contributed by atoms with Gasteiger partial charge in [-0.3, -0.25) is 9.59 Å². The Morgan fingerprint density at radius 1 is 1.22 bits per heavy atom. The van der Waals surface area contributed by atoms with Crippen molar-refractivity contribution in [2.24, 2.45) is 0 Å². The van der Waals surface area contributed by atoms with E-state index in [9.17, 15) is 26.4 Å². The van der Waals surface area contributed by atoms with Gasteiger partial charge in [-0.1, -0.05) is 0 Å². The van der Waals surface area contributed by atoms with E-state index in [1.807, 2.05) is 0 Å². The van der Waals surface area contributed by atoms with Gasteiger partial charge in [0.1, 0.15) is 6.54 Å². The lowest BCUT2D eigenvalue weighted by Gasteiger charge is -2.26. The zero-order chi connectivity index (χ0) is 23.4. The molecule has 0 aromatic heterocycles. The van der Waals surface area contributed by atoms with E-state index in [1.165, 1.54) is 23.1 Å². The molecule has 1 aromatic carbocycles. The first-order valence-electron chi connectivity index (χ1n) is 10.2. The number of hydrogen-bond acceptors (Lipinski definition) is 9. The van der Waals surface area contributed by atoms with Crippen LogP contribution in [-0.2, 0) is 34.2 Å². The predicted molar refractivity (Wildman–Crippen MR) is 113 cm³/mol. The van der Waals surface area contributed by atoms with E-state index >= 15 is 0 Å². The minimum Gasteiger partial charge on any atom is -0.490 e. The highest BCUT2D eigenvalue weighted by Gasteiger charge is 2.34. The first kappa shape index (κ1) is 24.3. The third kappa shape index (κ3) is 6.11. The number of likely N-dealkylation sites (N-methyl/N-ethyl adjacent to an activating group) is 1. The van der Waals surface area contributed by atoms with Gasteiger partial charge in [0.2, 0.25) is 10.0 Å². The number of sulfonamides is 1. The smallest absolute Gasteiger partial charge is 0.321 e. The van der Waals surface area contributed by atoms with E-state index in [1.54, 1.807) is 6.92 Å². The van der Waals surface area contributed by atoms with Crippen molar-refractivity contribution in [3.05, 3.63) is 18.2 Å². The average Bonchev–Trinajstić information content (AvgIpc) is 2.96. The van der Waals surface area contributed by atoms with Crippen molar-refractivity contribution in [3.63, 3.8) is 0 Å². The minimum absolute atomic E-state index is 0.0167. The van der Waals surface area contributed by atoms with Crippen LogP contribution in [0.2, 0.25) is 0 Å². The molecule has 178 valence electrons. The minimum atomic E-state index is -4.03. The standard InChI is InChI=1S/C19H26N2O9S2/c1-2-21(14-6-9-31(24,25)13-14)18(22)12-30-19(23)11-20-32(26,27)15-4-5-16-17(10-15)29-8-3-7-28-16/h4-5,10,14,20H,2-3,6-9,11-13H2,1H3. The lowest BCUT2D eigenvalue weighted by atomic mass is 10.2. The molecule has 2 aliphatic rings. The topological polar surface area (TPSA) is 145 Å². The van der Waals surface area contributed by atoms with Crippen LogP contribution in [0.4, 0.5) is 0 Å². The lowest BCUT2D eigenvalue weighted by Crippen LogP contribution is -2.43. The molecule has 0 bridgehead atoms. The summed E-state index contributed by atoms with van der Waals surface area (Å²) in [5.41, 5.74) is 0. The van der Waals surface area contributed by atoms with Crippen molar-refractivity contribution in [2.75, 3.05) is 44.4 Å². The van der Waals surface area contributed by atoms with Gasteiger partial charge in [0, 0.05) is 25.1 Å². The molecule has 0 radical (unpaired) electrons. The molecule has 2 aliphatic heterocycles. The van der Waals surface area contributed by atoms with Crippen LogP contribution in [-0.4, -0.2) is 84.1 Å². The Hall–Kier alpha value is -2.38. The summed E-state index contributed by atoms with van der Waals surface area (Å²) >= 11 is 0. The fourth-order valence-electron chi connectivity index (χ4n) is 3.48. The van der Waals surface area contributed by atoms with Crippen LogP contribution < -0.4 is 14.2 Å². The molecule has 1 aromatic rings. The molecular weight excluding hydrogens is 464 g/mol. The number of hydrogen-bond donors (Lipinski definition) is 1. The van der Waals surface area contributed by atoms with Gasteiger partial charge in [0.15, 0.2) is 27.9 Å². The molecule has 13 heteroatoms. The van der Waals surface area contributed by atoms with Crippen LogP contribution in [0.15, 0.2) is 23.1 Å². The molecule has 1 amide bonds. The first-order chi connectivity index (χ1) is 15.1. The molecule has 2 heterocycles. The molecule has 11 nitrogen and oxygen atoms in total. The highest BCUT2D eigenvalue weighted by molar-refractivity contribution is 7.91. The van der Waals surface area contributed by atoms with Gasteiger partial charge in [-0.15, -0.1) is 0 Å². The SMILES string of the molecule is CCN(C(=O)COC(=O)CNS(=O)(=O)c1ccc2c(c1)OCCCO2)C1CCS(=O)(=O)C1. The molecule has 1 N–H and O–H groups in total. The summed E-state index contributed by atoms with van der Waals surface area (Å²) < 4.78 is 66.2. The average molecular weight is 491 g/mol. The summed E-state index contributed by atoms with van der Waals surface area (Å²) in [5, 5.41) is 0. The van der Waals surface area contributed by atoms with Gasteiger partial charge in [-0.2, -0.15) is 4.72 Å². The van der Waals surface area contributed by atoms with Crippen molar-refractivity contribution in [3.8, 4) is 11.5 Å². The van der Waals surface area contributed by atoms with Gasteiger partial charge in [0.05, 0.1) is 29.6 Å². The fourth-order valence-corrected chi connectivity index (χ4v) is 6.20. The van der Waals surface area contributed by atoms with Crippen LogP contribution >= 0.6 is 0 Å². The van der Waals surface area contributed by atoms with Crippen LogP contribution in [0.5, 0.6) is 11.5 Å². The number of amides is 1. The van der Waals surface area contributed by atoms with Crippen molar-refractivity contribution < 1.29 is 40.6 Å². The van der Waals surface area contributed by atoms with E-state index in [-0.39, 0.29) is 22.9 Å². The summed E-state index contributed by atoms with van der Waals surface area (Å²) in [6.45, 7) is 1.56. The van der Waals surface area contributed by atoms with E-state index in [4.69, 9.17) is 14.2 Å². The quantitative estimate of drug-likeness (QED) is 0.486. The Kier molecular flexibility index (Phi) is 7.62. The van der Waals surface area contributed by atoms with E-state index in [0.29, 0.717) is 37.6 Å². The van der Waals surface area contributed by atoms with Gasteiger partial charge < -0.3 is 19.1 Å². The maximum Gasteiger partial charge on any atom is 0.321 e. The summed E-state index contributed by atoms with van der Waals surface area (Å²) in [6, 6.07) is 3.68. The Labute approximate surface area is 187 Å². The van der Waals surface area contributed by atoms with Crippen LogP contribution in [0.3, 0.4) is 0 Å². The number of benzene rings is 1. The van der Waals surface area contributed by atoms with Crippen molar-refractivity contribution in [1.82, 2.24) is 9.62 Å². The second-order valence-electron chi connectivity index (χ2n) is 7.38. The normalized spacial score (nSPS) is 19.7. The fraction of sp³-hybridized carbons (Fsp3) is 0.579. The number of nitrogens with one attached hydrogen (secondary N) is 1. The molecule has 1 fully saturated rings. The summed E-state index contributed by atoms with van der Waals surface area (Å²) in [6.07, 6.45) is 1.01. The van der Waals surface area contributed by atoms with Crippen LogP contribution in [0, 0.1) is 0 Å².